The Morgan fingerprint density at radius 1 is 1.12 bits per heavy atom. The quantitative estimate of drug-likeness (QED) is 0.399. The van der Waals surface area contributed by atoms with Crippen molar-refractivity contribution >= 4 is 41.2 Å². The number of carbonyl (C=O) groups excluding carboxylic acids is 3. The molecule has 43 heavy (non-hydrogen) atoms. The van der Waals surface area contributed by atoms with Gasteiger partial charge in [-0.05, 0) is 72.6 Å². The number of fused-ring (bicyclic) bond motifs is 1. The molecule has 0 spiro atoms. The molecule has 3 aromatic heterocycles. The number of nitrogens with one attached hydrogen (secondary N) is 1. The van der Waals surface area contributed by atoms with Crippen molar-refractivity contribution in [3.05, 3.63) is 54.6 Å². The van der Waals surface area contributed by atoms with Crippen LogP contribution in [-0.2, 0) is 15.1 Å². The predicted octanol–water partition coefficient (Wildman–Crippen LogP) is 4.93. The van der Waals surface area contributed by atoms with Crippen LogP contribution in [0.4, 0.5) is 16.6 Å². The van der Waals surface area contributed by atoms with E-state index in [1.165, 1.54) is 11.1 Å². The lowest BCUT2D eigenvalue weighted by Crippen LogP contribution is -2.41. The van der Waals surface area contributed by atoms with Crippen LogP contribution < -0.4 is 5.32 Å². The van der Waals surface area contributed by atoms with E-state index in [0.29, 0.717) is 36.2 Å². The average Bonchev–Trinajstić information content (AvgIpc) is 3.54. The predicted molar refractivity (Wildman–Crippen MR) is 167 cm³/mol. The standard InChI is InChI=1S/C19H24N6O.C12H20N2O3/c1-12-7-8-15(20-10-12)22-18-21-11-13-9-14(17(26)24(5)6)25(16(13)23-18)19(2,3)4;1-5-14(11(16)17-12(2,3)4)10-6-7-13(8-10)9-15/h7-11H,1-6H3,(H,20,21,22,23);5,9-10H,1,6-8H2,2-4H3. The summed E-state index contributed by atoms with van der Waals surface area (Å²) in [6.45, 7) is 18.4. The molecule has 4 heterocycles. The van der Waals surface area contributed by atoms with Gasteiger partial charge in [0.15, 0.2) is 0 Å². The fraction of sp³-hybridized carbons (Fsp3) is 0.484. The first kappa shape index (κ1) is 33.0. The molecule has 1 unspecified atom stereocenters. The molecule has 1 atom stereocenters. The summed E-state index contributed by atoms with van der Waals surface area (Å²) in [7, 11) is 3.49. The Morgan fingerprint density at radius 3 is 2.33 bits per heavy atom. The summed E-state index contributed by atoms with van der Waals surface area (Å²) in [4.78, 5) is 53.2. The van der Waals surface area contributed by atoms with Crippen molar-refractivity contribution < 1.29 is 19.1 Å². The van der Waals surface area contributed by atoms with Gasteiger partial charge in [0.2, 0.25) is 12.4 Å². The van der Waals surface area contributed by atoms with Crippen LogP contribution >= 0.6 is 0 Å². The number of aryl methyl sites for hydroxylation is 1. The van der Waals surface area contributed by atoms with E-state index in [2.05, 4.69) is 47.6 Å². The first-order chi connectivity index (χ1) is 20.0. The van der Waals surface area contributed by atoms with E-state index in [-0.39, 0.29) is 17.5 Å². The minimum Gasteiger partial charge on any atom is -0.443 e. The van der Waals surface area contributed by atoms with Gasteiger partial charge in [-0.25, -0.2) is 14.8 Å². The Morgan fingerprint density at radius 2 is 1.81 bits per heavy atom. The van der Waals surface area contributed by atoms with Gasteiger partial charge in [-0.1, -0.05) is 12.6 Å². The van der Waals surface area contributed by atoms with Crippen molar-refractivity contribution in [3.8, 4) is 0 Å². The van der Waals surface area contributed by atoms with Crippen molar-refractivity contribution in [2.45, 2.75) is 72.1 Å². The SMILES string of the molecule is C=CN(C(=O)OC(C)(C)C)C1CCN(C=O)C1.Cc1ccc(Nc2ncc3cc(C(=O)N(C)C)n(C(C)(C)C)c3n2)nc1. The van der Waals surface area contributed by atoms with E-state index in [1.54, 1.807) is 36.3 Å². The van der Waals surface area contributed by atoms with Gasteiger partial charge in [-0.3, -0.25) is 14.5 Å². The number of aromatic nitrogens is 4. The van der Waals surface area contributed by atoms with Crippen molar-refractivity contribution in [2.75, 3.05) is 32.5 Å². The number of hydrogen-bond acceptors (Lipinski definition) is 8. The maximum absolute atomic E-state index is 12.6. The van der Waals surface area contributed by atoms with Crippen molar-refractivity contribution in [2.24, 2.45) is 0 Å². The third kappa shape index (κ3) is 8.52. The molecule has 232 valence electrons. The van der Waals surface area contributed by atoms with Crippen LogP contribution in [-0.4, -0.2) is 91.5 Å². The van der Waals surface area contributed by atoms with Crippen LogP contribution in [0.2, 0.25) is 0 Å². The molecule has 1 saturated heterocycles. The van der Waals surface area contributed by atoms with E-state index in [0.717, 1.165) is 23.8 Å². The molecule has 0 bridgehead atoms. The monoisotopic (exact) mass is 592 g/mol. The average molecular weight is 593 g/mol. The molecule has 1 aliphatic heterocycles. The van der Waals surface area contributed by atoms with E-state index in [4.69, 9.17) is 4.74 Å². The molecule has 1 aliphatic rings. The molecule has 1 fully saturated rings. The van der Waals surface area contributed by atoms with Gasteiger partial charge < -0.3 is 24.4 Å². The smallest absolute Gasteiger partial charge is 0.414 e. The van der Waals surface area contributed by atoms with Crippen LogP contribution in [0, 0.1) is 6.92 Å². The lowest BCUT2D eigenvalue weighted by atomic mass is 10.1. The molecule has 4 rings (SSSR count). The first-order valence-corrected chi connectivity index (χ1v) is 14.2. The number of anilines is 2. The number of nitrogens with zero attached hydrogens (tertiary/aromatic N) is 7. The van der Waals surface area contributed by atoms with E-state index < -0.39 is 11.7 Å². The summed E-state index contributed by atoms with van der Waals surface area (Å²) in [6, 6.07) is 5.66. The topological polar surface area (TPSA) is 126 Å². The first-order valence-electron chi connectivity index (χ1n) is 14.2. The van der Waals surface area contributed by atoms with Crippen molar-refractivity contribution in [1.29, 1.82) is 0 Å². The maximum Gasteiger partial charge on any atom is 0.414 e. The highest BCUT2D eigenvalue weighted by molar-refractivity contribution is 5.98. The number of ether oxygens (including phenoxy) is 1. The van der Waals surface area contributed by atoms with Gasteiger partial charge in [0.1, 0.15) is 22.8 Å². The molecule has 3 amide bonds. The second-order valence-corrected chi connectivity index (χ2v) is 12.7. The van der Waals surface area contributed by atoms with Crippen LogP contribution in [0.3, 0.4) is 0 Å². The fourth-order valence-corrected chi connectivity index (χ4v) is 4.55. The minimum atomic E-state index is -0.526. The second kappa shape index (κ2) is 13.2. The zero-order chi connectivity index (χ0) is 32.1. The normalized spacial score (nSPS) is 14.9. The molecule has 0 radical (unpaired) electrons. The van der Waals surface area contributed by atoms with Crippen LogP contribution in [0.15, 0.2) is 43.4 Å². The fourth-order valence-electron chi connectivity index (χ4n) is 4.55. The Balaban J connectivity index is 0.000000259. The summed E-state index contributed by atoms with van der Waals surface area (Å²) in [6.07, 6.45) is 6.12. The molecular formula is C31H44N8O4. The highest BCUT2D eigenvalue weighted by atomic mass is 16.6. The zero-order valence-corrected chi connectivity index (χ0v) is 26.7. The summed E-state index contributed by atoms with van der Waals surface area (Å²) >= 11 is 0. The highest BCUT2D eigenvalue weighted by Crippen LogP contribution is 2.28. The number of rotatable bonds is 6. The molecule has 12 nitrogen and oxygen atoms in total. The molecular weight excluding hydrogens is 548 g/mol. The third-order valence-electron chi connectivity index (χ3n) is 6.53. The van der Waals surface area contributed by atoms with Gasteiger partial charge in [0.25, 0.3) is 5.91 Å². The zero-order valence-electron chi connectivity index (χ0n) is 26.7. The number of amides is 3. The molecule has 12 heteroatoms. The number of carbonyl (C=O) groups is 3. The summed E-state index contributed by atoms with van der Waals surface area (Å²) in [5, 5.41) is 3.95. The summed E-state index contributed by atoms with van der Waals surface area (Å²) < 4.78 is 7.24. The van der Waals surface area contributed by atoms with Gasteiger partial charge in [0, 0.05) is 56.7 Å². The van der Waals surface area contributed by atoms with Gasteiger partial charge in [0.05, 0.1) is 6.04 Å². The molecule has 0 aliphatic carbocycles. The van der Waals surface area contributed by atoms with Crippen molar-refractivity contribution in [1.82, 2.24) is 34.2 Å². The number of pyridine rings is 1. The molecule has 0 aromatic carbocycles. The number of hydrogen-bond donors (Lipinski definition) is 1. The maximum atomic E-state index is 12.6. The van der Waals surface area contributed by atoms with Crippen molar-refractivity contribution in [3.63, 3.8) is 0 Å². The summed E-state index contributed by atoms with van der Waals surface area (Å²) in [5.74, 6) is 1.06. The third-order valence-corrected chi connectivity index (χ3v) is 6.53. The molecule has 0 saturated carbocycles. The largest absolute Gasteiger partial charge is 0.443 e. The van der Waals surface area contributed by atoms with Gasteiger partial charge in [-0.2, -0.15) is 4.98 Å². The molecule has 1 N–H and O–H groups in total. The van der Waals surface area contributed by atoms with E-state index in [1.807, 2.05) is 50.5 Å². The van der Waals surface area contributed by atoms with Crippen LogP contribution in [0.25, 0.3) is 11.0 Å². The minimum absolute atomic E-state index is 0.0347. The van der Waals surface area contributed by atoms with Crippen LogP contribution in [0.5, 0.6) is 0 Å². The Bertz CT molecular complexity index is 1450. The Labute approximate surface area is 253 Å². The van der Waals surface area contributed by atoms with Gasteiger partial charge >= 0.3 is 6.09 Å². The Kier molecular flexibility index (Phi) is 10.2. The second-order valence-electron chi connectivity index (χ2n) is 12.7. The lowest BCUT2D eigenvalue weighted by molar-refractivity contribution is -0.117. The number of likely N-dealkylation sites (tertiary alicyclic amines) is 1. The summed E-state index contributed by atoms with van der Waals surface area (Å²) in [5.41, 5.74) is 1.56. The Hall–Kier alpha value is -4.48. The molecule has 3 aromatic rings. The van der Waals surface area contributed by atoms with Crippen LogP contribution in [0.1, 0.15) is 64.0 Å². The highest BCUT2D eigenvalue weighted by Gasteiger charge is 2.31. The van der Waals surface area contributed by atoms with Gasteiger partial charge in [-0.15, -0.1) is 0 Å². The van der Waals surface area contributed by atoms with E-state index in [9.17, 15) is 14.4 Å². The van der Waals surface area contributed by atoms with E-state index >= 15 is 0 Å². The lowest BCUT2D eigenvalue weighted by Gasteiger charge is -2.28.